The van der Waals surface area contributed by atoms with Gasteiger partial charge in [-0.25, -0.2) is 4.98 Å². The highest BCUT2D eigenvalue weighted by atomic mass is 35.5. The fourth-order valence-corrected chi connectivity index (χ4v) is 2.36. The quantitative estimate of drug-likeness (QED) is 0.892. The summed E-state index contributed by atoms with van der Waals surface area (Å²) >= 11 is 6.03. The molecule has 2 unspecified atom stereocenters. The van der Waals surface area contributed by atoms with Gasteiger partial charge in [0.05, 0.1) is 23.2 Å². The molecule has 1 aromatic carbocycles. The Bertz CT molecular complexity index is 594. The Kier molecular flexibility index (Phi) is 4.68. The van der Waals surface area contributed by atoms with Crippen molar-refractivity contribution in [1.82, 2.24) is 14.9 Å². The summed E-state index contributed by atoms with van der Waals surface area (Å²) in [6.07, 6.45) is -0.346. The zero-order chi connectivity index (χ0) is 14.9. The van der Waals surface area contributed by atoms with Gasteiger partial charge in [-0.1, -0.05) is 25.4 Å². The molecular formula is C15H22ClN3O. The van der Waals surface area contributed by atoms with Crippen molar-refractivity contribution in [2.45, 2.75) is 32.9 Å². The van der Waals surface area contributed by atoms with E-state index in [1.807, 2.05) is 43.7 Å². The zero-order valence-corrected chi connectivity index (χ0v) is 13.1. The molecule has 5 heteroatoms. The van der Waals surface area contributed by atoms with E-state index >= 15 is 0 Å². The van der Waals surface area contributed by atoms with Crippen LogP contribution in [0.25, 0.3) is 11.0 Å². The molecule has 20 heavy (non-hydrogen) atoms. The SMILES string of the molecule is CC(NCC(O)C(C)C)c1nc2ccc(Cl)cc2n1C. The number of nitrogens with zero attached hydrogens (tertiary/aromatic N) is 2. The third-order valence-electron chi connectivity index (χ3n) is 3.67. The summed E-state index contributed by atoms with van der Waals surface area (Å²) in [6.45, 7) is 6.63. The number of aryl methyl sites for hydroxylation is 1. The maximum atomic E-state index is 9.86. The minimum Gasteiger partial charge on any atom is -0.392 e. The van der Waals surface area contributed by atoms with Crippen molar-refractivity contribution in [3.63, 3.8) is 0 Å². The molecule has 0 aliphatic rings. The molecule has 0 aliphatic heterocycles. The number of imidazole rings is 1. The molecule has 0 spiro atoms. The number of nitrogens with one attached hydrogen (secondary N) is 1. The van der Waals surface area contributed by atoms with Gasteiger partial charge in [-0.05, 0) is 31.0 Å². The number of aliphatic hydroxyl groups excluding tert-OH is 1. The summed E-state index contributed by atoms with van der Waals surface area (Å²) in [7, 11) is 1.98. The van der Waals surface area contributed by atoms with Crippen molar-refractivity contribution < 1.29 is 5.11 Å². The molecule has 1 aromatic heterocycles. The van der Waals surface area contributed by atoms with E-state index in [1.165, 1.54) is 0 Å². The largest absolute Gasteiger partial charge is 0.392 e. The fourth-order valence-electron chi connectivity index (χ4n) is 2.19. The first kappa shape index (κ1) is 15.3. The van der Waals surface area contributed by atoms with Gasteiger partial charge in [0.15, 0.2) is 0 Å². The van der Waals surface area contributed by atoms with Crippen LogP contribution in [0.2, 0.25) is 5.02 Å². The Labute approximate surface area is 124 Å². The lowest BCUT2D eigenvalue weighted by Crippen LogP contribution is -2.33. The highest BCUT2D eigenvalue weighted by Crippen LogP contribution is 2.22. The molecule has 0 amide bonds. The van der Waals surface area contributed by atoms with E-state index < -0.39 is 0 Å². The van der Waals surface area contributed by atoms with Gasteiger partial charge < -0.3 is 15.0 Å². The number of hydrogen-bond donors (Lipinski definition) is 2. The molecule has 0 saturated carbocycles. The normalized spacial score (nSPS) is 14.9. The Morgan fingerprint density at radius 2 is 2.05 bits per heavy atom. The minimum absolute atomic E-state index is 0.0691. The summed E-state index contributed by atoms with van der Waals surface area (Å²) in [4.78, 5) is 4.64. The molecule has 110 valence electrons. The predicted octanol–water partition coefficient (Wildman–Crippen LogP) is 2.89. The average Bonchev–Trinajstić information content (AvgIpc) is 2.73. The van der Waals surface area contributed by atoms with Crippen LogP contribution in [0.1, 0.15) is 32.6 Å². The fraction of sp³-hybridized carbons (Fsp3) is 0.533. The highest BCUT2D eigenvalue weighted by Gasteiger charge is 2.16. The van der Waals surface area contributed by atoms with Gasteiger partial charge in [0.25, 0.3) is 0 Å². The molecule has 0 radical (unpaired) electrons. The van der Waals surface area contributed by atoms with Crippen LogP contribution in [-0.4, -0.2) is 27.3 Å². The van der Waals surface area contributed by atoms with E-state index in [1.54, 1.807) is 0 Å². The second kappa shape index (κ2) is 6.12. The lowest BCUT2D eigenvalue weighted by molar-refractivity contribution is 0.120. The molecule has 0 bridgehead atoms. The minimum atomic E-state index is -0.346. The lowest BCUT2D eigenvalue weighted by atomic mass is 10.1. The Morgan fingerprint density at radius 3 is 2.70 bits per heavy atom. The van der Waals surface area contributed by atoms with E-state index in [4.69, 9.17) is 11.6 Å². The summed E-state index contributed by atoms with van der Waals surface area (Å²) < 4.78 is 2.04. The predicted molar refractivity (Wildman–Crippen MR) is 83.0 cm³/mol. The van der Waals surface area contributed by atoms with Crippen LogP contribution >= 0.6 is 11.6 Å². The van der Waals surface area contributed by atoms with Crippen molar-refractivity contribution >= 4 is 22.6 Å². The number of benzene rings is 1. The van der Waals surface area contributed by atoms with Crippen LogP contribution in [0.5, 0.6) is 0 Å². The van der Waals surface area contributed by atoms with Crippen LogP contribution in [0.15, 0.2) is 18.2 Å². The Hall–Kier alpha value is -1.10. The molecule has 1 heterocycles. The molecule has 2 atom stereocenters. The van der Waals surface area contributed by atoms with Gasteiger partial charge in [-0.2, -0.15) is 0 Å². The number of hydrogen-bond acceptors (Lipinski definition) is 3. The van der Waals surface area contributed by atoms with Crippen molar-refractivity contribution in [3.05, 3.63) is 29.0 Å². The second-order valence-corrected chi connectivity index (χ2v) is 6.04. The number of fused-ring (bicyclic) bond motifs is 1. The first-order chi connectivity index (χ1) is 9.40. The van der Waals surface area contributed by atoms with E-state index in [9.17, 15) is 5.11 Å². The Balaban J connectivity index is 2.18. The third kappa shape index (κ3) is 3.14. The topological polar surface area (TPSA) is 50.1 Å². The van der Waals surface area contributed by atoms with Gasteiger partial charge >= 0.3 is 0 Å². The summed E-state index contributed by atoms with van der Waals surface area (Å²) in [5.74, 6) is 1.19. The number of halogens is 1. The third-order valence-corrected chi connectivity index (χ3v) is 3.90. The van der Waals surface area contributed by atoms with Crippen LogP contribution in [-0.2, 0) is 7.05 Å². The van der Waals surface area contributed by atoms with Gasteiger partial charge in [0.2, 0.25) is 0 Å². The number of aliphatic hydroxyl groups is 1. The highest BCUT2D eigenvalue weighted by molar-refractivity contribution is 6.31. The van der Waals surface area contributed by atoms with Crippen molar-refractivity contribution in [2.24, 2.45) is 13.0 Å². The number of rotatable bonds is 5. The monoisotopic (exact) mass is 295 g/mol. The molecule has 2 rings (SSSR count). The molecular weight excluding hydrogens is 274 g/mol. The van der Waals surface area contributed by atoms with E-state index in [-0.39, 0.29) is 18.1 Å². The smallest absolute Gasteiger partial charge is 0.126 e. The summed E-state index contributed by atoms with van der Waals surface area (Å²) in [6, 6.07) is 5.76. The number of aromatic nitrogens is 2. The standard InChI is InChI=1S/C15H22ClN3O/c1-9(2)14(20)8-17-10(3)15-18-12-6-5-11(16)7-13(12)19(15)4/h5-7,9-10,14,17,20H,8H2,1-4H3. The molecule has 0 fully saturated rings. The van der Waals surface area contributed by atoms with Crippen molar-refractivity contribution in [2.75, 3.05) is 6.54 Å². The molecule has 4 nitrogen and oxygen atoms in total. The van der Waals surface area contributed by atoms with Crippen molar-refractivity contribution in [3.8, 4) is 0 Å². The summed E-state index contributed by atoms with van der Waals surface area (Å²) in [5.41, 5.74) is 1.95. The average molecular weight is 296 g/mol. The van der Waals surface area contributed by atoms with E-state index in [2.05, 4.69) is 17.2 Å². The summed E-state index contributed by atoms with van der Waals surface area (Å²) in [5, 5.41) is 13.9. The molecule has 0 aliphatic carbocycles. The van der Waals surface area contributed by atoms with Crippen LogP contribution in [0.4, 0.5) is 0 Å². The molecule has 2 N–H and O–H groups in total. The molecule has 0 saturated heterocycles. The van der Waals surface area contributed by atoms with Gasteiger partial charge in [0.1, 0.15) is 5.82 Å². The first-order valence-corrected chi connectivity index (χ1v) is 7.31. The van der Waals surface area contributed by atoms with Crippen molar-refractivity contribution in [1.29, 1.82) is 0 Å². The van der Waals surface area contributed by atoms with Gasteiger partial charge in [-0.3, -0.25) is 0 Å². The van der Waals surface area contributed by atoms with Crippen LogP contribution in [0.3, 0.4) is 0 Å². The van der Waals surface area contributed by atoms with Crippen LogP contribution in [0, 0.1) is 5.92 Å². The first-order valence-electron chi connectivity index (χ1n) is 6.93. The molecule has 2 aromatic rings. The maximum absolute atomic E-state index is 9.86. The maximum Gasteiger partial charge on any atom is 0.126 e. The van der Waals surface area contributed by atoms with E-state index in [0.717, 1.165) is 16.9 Å². The zero-order valence-electron chi connectivity index (χ0n) is 12.4. The van der Waals surface area contributed by atoms with Gasteiger partial charge in [-0.15, -0.1) is 0 Å². The lowest BCUT2D eigenvalue weighted by Gasteiger charge is -2.19. The Morgan fingerprint density at radius 1 is 1.35 bits per heavy atom. The van der Waals surface area contributed by atoms with Crippen LogP contribution < -0.4 is 5.32 Å². The van der Waals surface area contributed by atoms with Gasteiger partial charge in [0, 0.05) is 18.6 Å². The second-order valence-electron chi connectivity index (χ2n) is 5.60. The van der Waals surface area contributed by atoms with E-state index in [0.29, 0.717) is 11.6 Å².